The molecule has 0 radical (unpaired) electrons. The number of aliphatic hydroxyl groups excluding tert-OH is 4. The maximum Gasteiger partial charge on any atom is 0.306 e. The van der Waals surface area contributed by atoms with Crippen molar-refractivity contribution in [3.63, 3.8) is 0 Å². The van der Waals surface area contributed by atoms with Gasteiger partial charge in [-0.2, -0.15) is 0 Å². The summed E-state index contributed by atoms with van der Waals surface area (Å²) < 4.78 is 21.4. The largest absolute Gasteiger partial charge is 0.462 e. The Labute approximate surface area is 247 Å². The number of unbranched alkanes of at least 4 members (excludes halogenated alkanes) is 15. The van der Waals surface area contributed by atoms with Crippen LogP contribution < -0.4 is 0 Å². The monoisotopic (exact) mass is 590 g/mol. The summed E-state index contributed by atoms with van der Waals surface area (Å²) in [6.07, 6.45) is 12.2. The van der Waals surface area contributed by atoms with Gasteiger partial charge >= 0.3 is 11.9 Å². The Kier molecular flexibility index (Phi) is 22.2. The molecule has 1 aliphatic heterocycles. The predicted molar refractivity (Wildman–Crippen MR) is 155 cm³/mol. The topological polar surface area (TPSA) is 152 Å². The average molecular weight is 591 g/mol. The molecular weight excluding hydrogens is 532 g/mol. The van der Waals surface area contributed by atoms with E-state index in [9.17, 15) is 30.0 Å². The number of aliphatic hydroxyl groups is 4. The van der Waals surface area contributed by atoms with Gasteiger partial charge in [0.05, 0.1) is 13.2 Å². The van der Waals surface area contributed by atoms with Crippen molar-refractivity contribution in [1.29, 1.82) is 0 Å². The summed E-state index contributed by atoms with van der Waals surface area (Å²) in [5, 5.41) is 39.3. The minimum absolute atomic E-state index is 0.160. The van der Waals surface area contributed by atoms with Crippen molar-refractivity contribution < 1.29 is 49.0 Å². The first kappa shape index (κ1) is 37.7. The van der Waals surface area contributed by atoms with Gasteiger partial charge < -0.3 is 39.4 Å². The van der Waals surface area contributed by atoms with Crippen LogP contribution in [0.25, 0.3) is 0 Å². The summed E-state index contributed by atoms with van der Waals surface area (Å²) in [6.45, 7) is 2.81. The Hall–Kier alpha value is -1.30. The molecule has 0 saturated carbocycles. The zero-order valence-electron chi connectivity index (χ0n) is 25.6. The molecule has 1 aliphatic rings. The minimum atomic E-state index is -1.58. The maximum absolute atomic E-state index is 12.4. The molecule has 0 aliphatic carbocycles. The lowest BCUT2D eigenvalue weighted by Gasteiger charge is -2.39. The van der Waals surface area contributed by atoms with E-state index in [4.69, 9.17) is 18.9 Å². The van der Waals surface area contributed by atoms with Crippen LogP contribution in [0.1, 0.15) is 129 Å². The molecule has 1 fully saturated rings. The predicted octanol–water partition coefficient (Wildman–Crippen LogP) is 4.32. The fourth-order valence-electron chi connectivity index (χ4n) is 4.87. The Balaban J connectivity index is 2.20. The van der Waals surface area contributed by atoms with Crippen molar-refractivity contribution in [2.45, 2.75) is 166 Å². The first-order valence-electron chi connectivity index (χ1n) is 16.1. The molecule has 6 unspecified atom stereocenters. The van der Waals surface area contributed by atoms with Crippen LogP contribution in [-0.2, 0) is 28.5 Å². The minimum Gasteiger partial charge on any atom is -0.462 e. The molecule has 0 aromatic heterocycles. The molecule has 0 amide bonds. The van der Waals surface area contributed by atoms with Crippen LogP contribution >= 0.6 is 0 Å². The van der Waals surface area contributed by atoms with Gasteiger partial charge in [0.25, 0.3) is 0 Å². The van der Waals surface area contributed by atoms with Crippen molar-refractivity contribution >= 4 is 11.9 Å². The summed E-state index contributed by atoms with van der Waals surface area (Å²) in [4.78, 5) is 24.0. The second-order valence-electron chi connectivity index (χ2n) is 11.2. The Morgan fingerprint density at radius 2 is 1.20 bits per heavy atom. The van der Waals surface area contributed by atoms with Crippen molar-refractivity contribution in [1.82, 2.24) is 0 Å². The van der Waals surface area contributed by atoms with Crippen LogP contribution in [0.15, 0.2) is 0 Å². The lowest BCUT2D eigenvalue weighted by molar-refractivity contribution is -0.305. The number of carbonyl (C=O) groups is 2. The Morgan fingerprint density at radius 3 is 1.68 bits per heavy atom. The summed E-state index contributed by atoms with van der Waals surface area (Å²) in [5.41, 5.74) is 0. The van der Waals surface area contributed by atoms with E-state index in [2.05, 4.69) is 6.92 Å². The zero-order valence-corrected chi connectivity index (χ0v) is 25.6. The van der Waals surface area contributed by atoms with E-state index in [1.54, 1.807) is 6.92 Å². The molecule has 41 heavy (non-hydrogen) atoms. The molecular formula is C31H58O10. The summed E-state index contributed by atoms with van der Waals surface area (Å²) in [6, 6.07) is 0. The Bertz CT molecular complexity index is 659. The Morgan fingerprint density at radius 1 is 0.683 bits per heavy atom. The van der Waals surface area contributed by atoms with Crippen molar-refractivity contribution in [2.75, 3.05) is 19.8 Å². The fourth-order valence-corrected chi connectivity index (χ4v) is 4.87. The van der Waals surface area contributed by atoms with Gasteiger partial charge in [-0.05, 0) is 6.42 Å². The number of hydrogen-bond acceptors (Lipinski definition) is 10. The second kappa shape index (κ2) is 24.2. The fraction of sp³-hybridized carbons (Fsp3) is 0.935. The first-order chi connectivity index (χ1) is 19.8. The van der Waals surface area contributed by atoms with E-state index in [0.29, 0.717) is 6.42 Å². The number of esters is 2. The molecule has 0 spiro atoms. The molecule has 242 valence electrons. The zero-order chi connectivity index (χ0) is 30.3. The van der Waals surface area contributed by atoms with Crippen LogP contribution in [0.3, 0.4) is 0 Å². The van der Waals surface area contributed by atoms with E-state index in [-0.39, 0.29) is 26.1 Å². The van der Waals surface area contributed by atoms with Gasteiger partial charge in [0.2, 0.25) is 0 Å². The smallest absolute Gasteiger partial charge is 0.306 e. The van der Waals surface area contributed by atoms with Gasteiger partial charge in [0.1, 0.15) is 31.0 Å². The molecule has 1 saturated heterocycles. The van der Waals surface area contributed by atoms with Crippen molar-refractivity contribution in [3.8, 4) is 0 Å². The summed E-state index contributed by atoms with van der Waals surface area (Å²) >= 11 is 0. The molecule has 6 atom stereocenters. The molecule has 1 heterocycles. The number of ether oxygens (including phenoxy) is 4. The maximum atomic E-state index is 12.4. The first-order valence-corrected chi connectivity index (χ1v) is 16.1. The number of hydrogen-bond donors (Lipinski definition) is 4. The standard InChI is InChI=1S/C31H58O10/c1-3-5-6-7-8-9-10-11-12-13-14-15-16-17-18-19-20-27(34)40-24(22-38-26(33)4-2)23-39-31-30(37)29(36)28(35)25(21-32)41-31/h24-25,28-32,35-37H,3-23H2,1-2H3. The third-order valence-corrected chi connectivity index (χ3v) is 7.55. The van der Waals surface area contributed by atoms with Crippen LogP contribution in [-0.4, -0.2) is 89.0 Å². The summed E-state index contributed by atoms with van der Waals surface area (Å²) in [5.74, 6) is -0.901. The van der Waals surface area contributed by atoms with Gasteiger partial charge in [0.15, 0.2) is 12.4 Å². The number of rotatable bonds is 25. The van der Waals surface area contributed by atoms with Crippen LogP contribution in [0, 0.1) is 0 Å². The quantitative estimate of drug-likeness (QED) is 0.0893. The molecule has 10 heteroatoms. The lowest BCUT2D eigenvalue weighted by atomic mass is 9.99. The number of carbonyl (C=O) groups excluding carboxylic acids is 2. The van der Waals surface area contributed by atoms with Gasteiger partial charge in [-0.1, -0.05) is 110 Å². The van der Waals surface area contributed by atoms with Crippen LogP contribution in [0.5, 0.6) is 0 Å². The van der Waals surface area contributed by atoms with Gasteiger partial charge in [-0.3, -0.25) is 9.59 Å². The molecule has 0 aromatic carbocycles. The second-order valence-corrected chi connectivity index (χ2v) is 11.2. The van der Waals surface area contributed by atoms with Gasteiger partial charge in [-0.15, -0.1) is 0 Å². The highest BCUT2D eigenvalue weighted by Crippen LogP contribution is 2.22. The van der Waals surface area contributed by atoms with Crippen molar-refractivity contribution in [2.24, 2.45) is 0 Å². The van der Waals surface area contributed by atoms with E-state index >= 15 is 0 Å². The highest BCUT2D eigenvalue weighted by molar-refractivity contribution is 5.70. The third kappa shape index (κ3) is 17.4. The van der Waals surface area contributed by atoms with Gasteiger partial charge in [-0.25, -0.2) is 0 Å². The van der Waals surface area contributed by atoms with Crippen molar-refractivity contribution in [3.05, 3.63) is 0 Å². The van der Waals surface area contributed by atoms with Crippen LogP contribution in [0.4, 0.5) is 0 Å². The summed E-state index contributed by atoms with van der Waals surface area (Å²) in [7, 11) is 0. The van der Waals surface area contributed by atoms with Crippen LogP contribution in [0.2, 0.25) is 0 Å². The van der Waals surface area contributed by atoms with E-state index in [1.165, 1.54) is 77.0 Å². The third-order valence-electron chi connectivity index (χ3n) is 7.55. The molecule has 0 aromatic rings. The SMILES string of the molecule is CCCCCCCCCCCCCCCCCCC(=O)OC(COC(=O)CC)COC1OC(CO)C(O)C(O)C1O. The highest BCUT2D eigenvalue weighted by atomic mass is 16.7. The van der Waals surface area contributed by atoms with E-state index in [0.717, 1.165) is 19.3 Å². The molecule has 1 rings (SSSR count). The van der Waals surface area contributed by atoms with Gasteiger partial charge in [0, 0.05) is 12.8 Å². The van der Waals surface area contributed by atoms with E-state index < -0.39 is 55.4 Å². The highest BCUT2D eigenvalue weighted by Gasteiger charge is 2.44. The molecule has 4 N–H and O–H groups in total. The lowest BCUT2D eigenvalue weighted by Crippen LogP contribution is -2.59. The normalized spacial score (nSPS) is 23.3. The molecule has 10 nitrogen and oxygen atoms in total. The van der Waals surface area contributed by atoms with E-state index in [1.807, 2.05) is 0 Å². The molecule has 0 bridgehead atoms. The average Bonchev–Trinajstić information content (AvgIpc) is 2.97.